The van der Waals surface area contributed by atoms with Crippen molar-refractivity contribution in [3.05, 3.63) is 58.9 Å². The first kappa shape index (κ1) is 19.0. The van der Waals surface area contributed by atoms with Crippen molar-refractivity contribution in [2.24, 2.45) is 0 Å². The summed E-state index contributed by atoms with van der Waals surface area (Å²) < 4.78 is 15.3. The first-order chi connectivity index (χ1) is 12.8. The molecule has 3 aromatic rings. The van der Waals surface area contributed by atoms with Crippen molar-refractivity contribution in [2.45, 2.75) is 38.1 Å². The van der Waals surface area contributed by atoms with E-state index in [0.29, 0.717) is 16.4 Å². The van der Waals surface area contributed by atoms with E-state index in [9.17, 15) is 9.18 Å². The molecule has 0 radical (unpaired) electrons. The Balaban J connectivity index is 1.74. The van der Waals surface area contributed by atoms with E-state index in [1.54, 1.807) is 30.7 Å². The largest absolute Gasteiger partial charge is 0.325 e. The maximum atomic E-state index is 13.7. The minimum Gasteiger partial charge on any atom is -0.325 e. The van der Waals surface area contributed by atoms with Crippen molar-refractivity contribution in [3.63, 3.8) is 0 Å². The van der Waals surface area contributed by atoms with Crippen LogP contribution in [0, 0.1) is 26.6 Å². The minimum atomic E-state index is -0.468. The smallest absolute Gasteiger partial charge is 0.237 e. The van der Waals surface area contributed by atoms with Gasteiger partial charge in [0.15, 0.2) is 0 Å². The molecule has 0 aliphatic heterocycles. The number of aryl methyl sites for hydroxylation is 3. The van der Waals surface area contributed by atoms with Gasteiger partial charge < -0.3 is 5.32 Å². The van der Waals surface area contributed by atoms with Crippen LogP contribution < -0.4 is 5.32 Å². The number of nitrogens with one attached hydrogen (secondary N) is 1. The summed E-state index contributed by atoms with van der Waals surface area (Å²) in [7, 11) is 0. The van der Waals surface area contributed by atoms with Crippen molar-refractivity contribution in [3.8, 4) is 5.69 Å². The molecule has 0 aliphatic rings. The zero-order valence-corrected chi connectivity index (χ0v) is 16.3. The summed E-state index contributed by atoms with van der Waals surface area (Å²) in [6.07, 6.45) is 0. The number of hydrogen-bond acceptors (Lipinski definition) is 5. The molecular weight excluding hydrogens is 365 g/mol. The van der Waals surface area contributed by atoms with Gasteiger partial charge in [0.05, 0.1) is 10.9 Å². The molecule has 140 valence electrons. The van der Waals surface area contributed by atoms with Gasteiger partial charge in [-0.1, -0.05) is 35.5 Å². The number of aromatic nitrogens is 4. The van der Waals surface area contributed by atoms with E-state index in [-0.39, 0.29) is 11.7 Å². The Morgan fingerprint density at radius 1 is 1.15 bits per heavy atom. The predicted molar refractivity (Wildman–Crippen MR) is 104 cm³/mol. The lowest BCUT2D eigenvalue weighted by Gasteiger charge is -2.13. The van der Waals surface area contributed by atoms with E-state index < -0.39 is 5.25 Å². The van der Waals surface area contributed by atoms with E-state index in [2.05, 4.69) is 20.8 Å². The molecule has 6 nitrogen and oxygen atoms in total. The molecule has 1 N–H and O–H groups in total. The number of benzene rings is 2. The topological polar surface area (TPSA) is 72.7 Å². The van der Waals surface area contributed by atoms with Crippen LogP contribution >= 0.6 is 11.8 Å². The van der Waals surface area contributed by atoms with Crippen LogP contribution in [0.1, 0.15) is 23.6 Å². The molecule has 1 aromatic heterocycles. The molecular formula is C19H20FN5OS. The second-order valence-corrected chi connectivity index (χ2v) is 7.68. The van der Waals surface area contributed by atoms with Crippen LogP contribution in [-0.2, 0) is 4.79 Å². The molecule has 1 heterocycles. The van der Waals surface area contributed by atoms with E-state index in [4.69, 9.17) is 0 Å². The highest BCUT2D eigenvalue weighted by atomic mass is 32.2. The molecule has 8 heteroatoms. The summed E-state index contributed by atoms with van der Waals surface area (Å²) in [5.74, 6) is -0.606. The van der Waals surface area contributed by atoms with Gasteiger partial charge in [0.1, 0.15) is 5.82 Å². The van der Waals surface area contributed by atoms with Crippen molar-refractivity contribution in [1.29, 1.82) is 0 Å². The summed E-state index contributed by atoms with van der Waals surface area (Å²) in [5.41, 5.74) is 4.00. The van der Waals surface area contributed by atoms with Crippen molar-refractivity contribution in [1.82, 2.24) is 20.2 Å². The summed E-state index contributed by atoms with van der Waals surface area (Å²) in [6, 6.07) is 10.6. The van der Waals surface area contributed by atoms with Crippen LogP contribution in [0.4, 0.5) is 10.1 Å². The molecule has 0 fully saturated rings. The van der Waals surface area contributed by atoms with E-state index in [1.165, 1.54) is 17.8 Å². The average molecular weight is 385 g/mol. The molecule has 0 unspecified atom stereocenters. The van der Waals surface area contributed by atoms with Crippen LogP contribution in [0.15, 0.2) is 41.6 Å². The Morgan fingerprint density at radius 2 is 1.93 bits per heavy atom. The van der Waals surface area contributed by atoms with Gasteiger partial charge in [0, 0.05) is 5.69 Å². The zero-order valence-electron chi connectivity index (χ0n) is 15.5. The number of nitrogens with zero attached hydrogens (tertiary/aromatic N) is 4. The number of halogens is 1. The van der Waals surface area contributed by atoms with Gasteiger partial charge >= 0.3 is 0 Å². The van der Waals surface area contributed by atoms with Gasteiger partial charge in [-0.25, -0.2) is 4.39 Å². The summed E-state index contributed by atoms with van der Waals surface area (Å²) >= 11 is 1.24. The Kier molecular flexibility index (Phi) is 5.55. The summed E-state index contributed by atoms with van der Waals surface area (Å²) in [6.45, 7) is 7.44. The third kappa shape index (κ3) is 4.33. The molecule has 1 amide bonds. The highest BCUT2D eigenvalue weighted by Crippen LogP contribution is 2.25. The van der Waals surface area contributed by atoms with Crippen LogP contribution in [-0.4, -0.2) is 31.4 Å². The van der Waals surface area contributed by atoms with Crippen molar-refractivity contribution in [2.75, 3.05) is 5.32 Å². The molecule has 0 bridgehead atoms. The fraction of sp³-hybridized carbons (Fsp3) is 0.263. The number of amides is 1. The monoisotopic (exact) mass is 385 g/mol. The minimum absolute atomic E-state index is 0.251. The second kappa shape index (κ2) is 7.87. The molecule has 2 aromatic carbocycles. The van der Waals surface area contributed by atoms with Crippen LogP contribution in [0.25, 0.3) is 5.69 Å². The SMILES string of the molecule is Cc1ccc(-n2nnnc2S[C@@H](C)C(=O)Nc2ccc(C)c(F)c2)c(C)c1. The van der Waals surface area contributed by atoms with Gasteiger partial charge in [0.25, 0.3) is 0 Å². The maximum Gasteiger partial charge on any atom is 0.237 e. The zero-order chi connectivity index (χ0) is 19.6. The van der Waals surface area contributed by atoms with E-state index in [0.717, 1.165) is 16.8 Å². The number of rotatable bonds is 5. The Hall–Kier alpha value is -2.74. The fourth-order valence-corrected chi connectivity index (χ4v) is 3.37. The lowest BCUT2D eigenvalue weighted by molar-refractivity contribution is -0.115. The molecule has 0 spiro atoms. The third-order valence-electron chi connectivity index (χ3n) is 4.11. The second-order valence-electron chi connectivity index (χ2n) is 6.38. The summed E-state index contributed by atoms with van der Waals surface area (Å²) in [4.78, 5) is 12.5. The summed E-state index contributed by atoms with van der Waals surface area (Å²) in [5, 5.41) is 14.6. The highest BCUT2D eigenvalue weighted by Gasteiger charge is 2.20. The van der Waals surface area contributed by atoms with Crippen LogP contribution in [0.5, 0.6) is 0 Å². The van der Waals surface area contributed by atoms with E-state index >= 15 is 0 Å². The molecule has 0 saturated carbocycles. The third-order valence-corrected chi connectivity index (χ3v) is 5.15. The number of carbonyl (C=O) groups is 1. The lowest BCUT2D eigenvalue weighted by atomic mass is 10.1. The Bertz CT molecular complexity index is 988. The van der Waals surface area contributed by atoms with Gasteiger partial charge in [0.2, 0.25) is 11.1 Å². The van der Waals surface area contributed by atoms with Gasteiger partial charge in [-0.3, -0.25) is 4.79 Å². The number of carbonyl (C=O) groups excluding carboxylic acids is 1. The quantitative estimate of drug-likeness (QED) is 0.676. The predicted octanol–water partition coefficient (Wildman–Crippen LogP) is 3.85. The molecule has 1 atom stereocenters. The Morgan fingerprint density at radius 3 is 2.63 bits per heavy atom. The number of anilines is 1. The van der Waals surface area contributed by atoms with Crippen molar-refractivity contribution >= 4 is 23.4 Å². The highest BCUT2D eigenvalue weighted by molar-refractivity contribution is 8.00. The van der Waals surface area contributed by atoms with Crippen LogP contribution in [0.2, 0.25) is 0 Å². The van der Waals surface area contributed by atoms with Gasteiger partial charge in [-0.2, -0.15) is 4.68 Å². The van der Waals surface area contributed by atoms with Crippen molar-refractivity contribution < 1.29 is 9.18 Å². The van der Waals surface area contributed by atoms with Gasteiger partial charge in [-0.05, 0) is 67.4 Å². The average Bonchev–Trinajstić information content (AvgIpc) is 3.06. The normalized spacial score (nSPS) is 12.0. The standard InChI is InChI=1S/C19H20FN5OS/c1-11-5-8-17(13(3)9-11)25-19(22-23-24-25)27-14(4)18(26)21-15-7-6-12(2)16(20)10-15/h5-10,14H,1-4H3,(H,21,26)/t14-/m0/s1. The molecule has 3 rings (SSSR count). The van der Waals surface area contributed by atoms with E-state index in [1.807, 2.05) is 32.0 Å². The maximum absolute atomic E-state index is 13.7. The Labute approximate surface area is 161 Å². The van der Waals surface area contributed by atoms with Crippen LogP contribution in [0.3, 0.4) is 0 Å². The fourth-order valence-electron chi connectivity index (χ4n) is 2.57. The molecule has 27 heavy (non-hydrogen) atoms. The number of tetrazole rings is 1. The molecule has 0 aliphatic carbocycles. The number of thioether (sulfide) groups is 1. The lowest BCUT2D eigenvalue weighted by Crippen LogP contribution is -2.23. The first-order valence-corrected chi connectivity index (χ1v) is 9.33. The van der Waals surface area contributed by atoms with Gasteiger partial charge in [-0.15, -0.1) is 5.10 Å². The molecule has 0 saturated heterocycles. The first-order valence-electron chi connectivity index (χ1n) is 8.45. The number of hydrogen-bond donors (Lipinski definition) is 1.